The van der Waals surface area contributed by atoms with Gasteiger partial charge in [-0.1, -0.05) is 30.3 Å². The summed E-state index contributed by atoms with van der Waals surface area (Å²) in [5.41, 5.74) is 7.34. The van der Waals surface area contributed by atoms with Gasteiger partial charge in [0, 0.05) is 11.8 Å². The van der Waals surface area contributed by atoms with E-state index >= 15 is 0 Å². The maximum atomic E-state index is 11.9. The van der Waals surface area contributed by atoms with Crippen molar-refractivity contribution in [1.82, 2.24) is 0 Å². The molecule has 0 aliphatic heterocycles. The third-order valence-corrected chi connectivity index (χ3v) is 2.88. The first-order chi connectivity index (χ1) is 10.8. The van der Waals surface area contributed by atoms with Gasteiger partial charge < -0.3 is 15.2 Å². The molecule has 2 rings (SSSR count). The summed E-state index contributed by atoms with van der Waals surface area (Å²) in [5, 5.41) is 2.69. The lowest BCUT2D eigenvalue weighted by molar-refractivity contribution is 0.0635. The maximum absolute atomic E-state index is 11.9. The van der Waals surface area contributed by atoms with Crippen molar-refractivity contribution in [2.75, 3.05) is 11.1 Å². The molecule has 0 saturated carbocycles. The van der Waals surface area contributed by atoms with Gasteiger partial charge in [-0.15, -0.1) is 0 Å². The Kier molecular flexibility index (Phi) is 5.11. The number of ether oxygens (including phenoxy) is 2. The van der Waals surface area contributed by atoms with E-state index in [2.05, 4.69) is 5.32 Å². The lowest BCUT2D eigenvalue weighted by Gasteiger charge is -2.20. The molecule has 0 aliphatic rings. The number of amides is 1. The van der Waals surface area contributed by atoms with Crippen LogP contribution < -0.4 is 15.8 Å². The molecule has 0 radical (unpaired) electrons. The van der Waals surface area contributed by atoms with E-state index in [9.17, 15) is 4.79 Å². The van der Waals surface area contributed by atoms with E-state index < -0.39 is 11.7 Å². The quantitative estimate of drug-likeness (QED) is 0.830. The number of nitrogens with one attached hydrogen (secondary N) is 1. The van der Waals surface area contributed by atoms with E-state index in [1.807, 2.05) is 51.1 Å². The molecule has 0 atom stereocenters. The average Bonchev–Trinajstić information content (AvgIpc) is 2.46. The predicted molar refractivity (Wildman–Crippen MR) is 91.5 cm³/mol. The van der Waals surface area contributed by atoms with Crippen LogP contribution in [0, 0.1) is 0 Å². The molecule has 0 bridgehead atoms. The van der Waals surface area contributed by atoms with Crippen molar-refractivity contribution in [2.24, 2.45) is 0 Å². The number of benzene rings is 2. The highest BCUT2D eigenvalue weighted by Crippen LogP contribution is 2.28. The number of nitrogens with two attached hydrogens (primary N) is 1. The van der Waals surface area contributed by atoms with E-state index in [-0.39, 0.29) is 0 Å². The molecule has 2 aromatic carbocycles. The smallest absolute Gasteiger partial charge is 0.412 e. The van der Waals surface area contributed by atoms with Crippen molar-refractivity contribution < 1.29 is 14.3 Å². The molecule has 0 saturated heterocycles. The van der Waals surface area contributed by atoms with Crippen LogP contribution in [-0.4, -0.2) is 11.7 Å². The number of rotatable bonds is 4. The molecule has 2 aromatic rings. The first kappa shape index (κ1) is 16.7. The standard InChI is InChI=1S/C18H22N2O3/c1-18(2,3)23-17(21)20-15-10-9-14(19)11-16(15)22-12-13-7-5-4-6-8-13/h4-11H,12,19H2,1-3H3,(H,20,21). The molecule has 1 amide bonds. The molecular weight excluding hydrogens is 292 g/mol. The van der Waals surface area contributed by atoms with E-state index in [0.29, 0.717) is 23.7 Å². The lowest BCUT2D eigenvalue weighted by atomic mass is 10.2. The van der Waals surface area contributed by atoms with Gasteiger partial charge in [0.05, 0.1) is 5.69 Å². The number of hydrogen-bond acceptors (Lipinski definition) is 4. The normalized spacial score (nSPS) is 10.9. The highest BCUT2D eigenvalue weighted by atomic mass is 16.6. The molecule has 0 aromatic heterocycles. The molecule has 122 valence electrons. The molecule has 23 heavy (non-hydrogen) atoms. The Labute approximate surface area is 136 Å². The number of carbonyl (C=O) groups excluding carboxylic acids is 1. The topological polar surface area (TPSA) is 73.6 Å². The molecule has 0 aliphatic carbocycles. The second-order valence-electron chi connectivity index (χ2n) is 6.16. The Morgan fingerprint density at radius 2 is 1.83 bits per heavy atom. The molecule has 0 fully saturated rings. The van der Waals surface area contributed by atoms with Crippen LogP contribution in [-0.2, 0) is 11.3 Å². The summed E-state index contributed by atoms with van der Waals surface area (Å²) < 4.78 is 11.0. The van der Waals surface area contributed by atoms with Gasteiger partial charge in [-0.05, 0) is 38.5 Å². The fourth-order valence-electron chi connectivity index (χ4n) is 1.91. The minimum absolute atomic E-state index is 0.382. The summed E-state index contributed by atoms with van der Waals surface area (Å²) in [4.78, 5) is 11.9. The molecule has 3 N–H and O–H groups in total. The van der Waals surface area contributed by atoms with Gasteiger partial charge in [0.2, 0.25) is 0 Å². The summed E-state index contributed by atoms with van der Waals surface area (Å²) in [5.74, 6) is 0.500. The first-order valence-electron chi connectivity index (χ1n) is 7.40. The number of hydrogen-bond donors (Lipinski definition) is 2. The second kappa shape index (κ2) is 7.05. The highest BCUT2D eigenvalue weighted by molar-refractivity contribution is 5.87. The van der Waals surface area contributed by atoms with Gasteiger partial charge in [-0.25, -0.2) is 4.79 Å². The van der Waals surface area contributed by atoms with Crippen LogP contribution in [0.25, 0.3) is 0 Å². The zero-order valence-corrected chi connectivity index (χ0v) is 13.6. The van der Waals surface area contributed by atoms with Crippen molar-refractivity contribution in [1.29, 1.82) is 0 Å². The Balaban J connectivity index is 2.09. The van der Waals surface area contributed by atoms with Crippen LogP contribution in [0.4, 0.5) is 16.2 Å². The summed E-state index contributed by atoms with van der Waals surface area (Å²) in [7, 11) is 0. The summed E-state index contributed by atoms with van der Waals surface area (Å²) >= 11 is 0. The largest absolute Gasteiger partial charge is 0.487 e. The van der Waals surface area contributed by atoms with Crippen molar-refractivity contribution in [3.63, 3.8) is 0 Å². The van der Waals surface area contributed by atoms with E-state index in [0.717, 1.165) is 5.56 Å². The Hall–Kier alpha value is -2.69. The summed E-state index contributed by atoms with van der Waals surface area (Å²) in [6.07, 6.45) is -0.535. The lowest BCUT2D eigenvalue weighted by Crippen LogP contribution is -2.27. The van der Waals surface area contributed by atoms with Crippen LogP contribution in [0.15, 0.2) is 48.5 Å². The molecule has 0 heterocycles. The van der Waals surface area contributed by atoms with Crippen LogP contribution in [0.2, 0.25) is 0 Å². The van der Waals surface area contributed by atoms with Gasteiger partial charge in [-0.2, -0.15) is 0 Å². The summed E-state index contributed by atoms with van der Waals surface area (Å²) in [6.45, 7) is 5.81. The fourth-order valence-corrected chi connectivity index (χ4v) is 1.91. The van der Waals surface area contributed by atoms with Crippen LogP contribution >= 0.6 is 0 Å². The zero-order chi connectivity index (χ0) is 16.9. The van der Waals surface area contributed by atoms with Crippen molar-refractivity contribution in [3.8, 4) is 5.75 Å². The molecule has 5 nitrogen and oxygen atoms in total. The van der Waals surface area contributed by atoms with E-state index in [1.54, 1.807) is 18.2 Å². The van der Waals surface area contributed by atoms with Crippen LogP contribution in [0.1, 0.15) is 26.3 Å². The highest BCUT2D eigenvalue weighted by Gasteiger charge is 2.17. The van der Waals surface area contributed by atoms with Gasteiger partial charge in [-0.3, -0.25) is 5.32 Å². The van der Waals surface area contributed by atoms with Crippen LogP contribution in [0.3, 0.4) is 0 Å². The zero-order valence-electron chi connectivity index (χ0n) is 13.6. The Bertz CT molecular complexity index is 664. The fraction of sp³-hybridized carbons (Fsp3) is 0.278. The minimum Gasteiger partial charge on any atom is -0.487 e. The molecule has 5 heteroatoms. The SMILES string of the molecule is CC(C)(C)OC(=O)Nc1ccc(N)cc1OCc1ccccc1. The second-order valence-corrected chi connectivity index (χ2v) is 6.16. The Morgan fingerprint density at radius 1 is 1.13 bits per heavy atom. The molecule has 0 spiro atoms. The maximum Gasteiger partial charge on any atom is 0.412 e. The van der Waals surface area contributed by atoms with Crippen LogP contribution in [0.5, 0.6) is 5.75 Å². The van der Waals surface area contributed by atoms with Gasteiger partial charge in [0.15, 0.2) is 0 Å². The van der Waals surface area contributed by atoms with Crippen molar-refractivity contribution in [2.45, 2.75) is 33.0 Å². The molecule has 0 unspecified atom stereocenters. The third-order valence-electron chi connectivity index (χ3n) is 2.88. The van der Waals surface area contributed by atoms with Gasteiger partial charge >= 0.3 is 6.09 Å². The van der Waals surface area contributed by atoms with Gasteiger partial charge in [0.1, 0.15) is 18.0 Å². The average molecular weight is 314 g/mol. The third kappa shape index (κ3) is 5.54. The Morgan fingerprint density at radius 3 is 2.48 bits per heavy atom. The summed E-state index contributed by atoms with van der Waals surface area (Å²) in [6, 6.07) is 14.8. The van der Waals surface area contributed by atoms with Crippen molar-refractivity contribution >= 4 is 17.5 Å². The predicted octanol–water partition coefficient (Wildman–Crippen LogP) is 4.19. The van der Waals surface area contributed by atoms with E-state index in [4.69, 9.17) is 15.2 Å². The van der Waals surface area contributed by atoms with Crippen molar-refractivity contribution in [3.05, 3.63) is 54.1 Å². The van der Waals surface area contributed by atoms with E-state index in [1.165, 1.54) is 0 Å². The minimum atomic E-state index is -0.567. The first-order valence-corrected chi connectivity index (χ1v) is 7.40. The monoisotopic (exact) mass is 314 g/mol. The molecular formula is C18H22N2O3. The number of nitrogen functional groups attached to an aromatic ring is 1. The van der Waals surface area contributed by atoms with Gasteiger partial charge in [0.25, 0.3) is 0 Å². The number of anilines is 2. The number of carbonyl (C=O) groups is 1.